The molecular formula is C64H64N4O. The topological polar surface area (TPSA) is 33.5 Å². The smallest absolute Gasteiger partial charge is 0.137 e. The first-order chi connectivity index (χ1) is 32.9. The van der Waals surface area contributed by atoms with Gasteiger partial charge >= 0.3 is 0 Å². The number of ether oxygens (including phenoxy) is 1. The van der Waals surface area contributed by atoms with Gasteiger partial charge in [0.1, 0.15) is 17.3 Å². The summed E-state index contributed by atoms with van der Waals surface area (Å²) in [4.78, 5) is 9.91. The zero-order valence-electron chi connectivity index (χ0n) is 41.9. The van der Waals surface area contributed by atoms with Gasteiger partial charge in [0.2, 0.25) is 0 Å². The lowest BCUT2D eigenvalue weighted by atomic mass is 9.78. The van der Waals surface area contributed by atoms with Crippen molar-refractivity contribution in [3.63, 3.8) is 0 Å². The molecule has 0 aliphatic carbocycles. The second-order valence-corrected chi connectivity index (χ2v) is 21.9. The Morgan fingerprint density at radius 2 is 1.07 bits per heavy atom. The molecule has 0 unspecified atom stereocenters. The average molecular weight is 905 g/mol. The van der Waals surface area contributed by atoms with Crippen molar-refractivity contribution >= 4 is 33.2 Å². The molecule has 0 saturated carbocycles. The highest BCUT2D eigenvalue weighted by molar-refractivity contribution is 6.10. The summed E-state index contributed by atoms with van der Waals surface area (Å²) in [5, 5.41) is 2.33. The van der Waals surface area contributed by atoms with Gasteiger partial charge in [-0.25, -0.2) is 4.98 Å². The zero-order valence-corrected chi connectivity index (χ0v) is 41.9. The Hall–Kier alpha value is -7.37. The van der Waals surface area contributed by atoms with Crippen LogP contribution in [-0.4, -0.2) is 16.2 Å². The fourth-order valence-electron chi connectivity index (χ4n) is 9.99. The second-order valence-electron chi connectivity index (χ2n) is 21.9. The molecule has 0 atom stereocenters. The summed E-state index contributed by atoms with van der Waals surface area (Å²) < 4.78 is 9.22. The average Bonchev–Trinajstić information content (AvgIpc) is 3.95. The van der Waals surface area contributed by atoms with Crippen molar-refractivity contribution < 1.29 is 4.74 Å². The van der Waals surface area contributed by atoms with Crippen LogP contribution in [-0.2, 0) is 16.2 Å². The third-order valence-electron chi connectivity index (χ3n) is 14.4. The first kappa shape index (κ1) is 45.4. The number of nitrogens with zero attached hydrogens (tertiary/aromatic N) is 4. The second kappa shape index (κ2) is 17.3. The van der Waals surface area contributed by atoms with Crippen LogP contribution in [0.25, 0.3) is 38.8 Å². The fraction of sp³-hybridized carbons (Fsp3) is 0.234. The van der Waals surface area contributed by atoms with Crippen molar-refractivity contribution in [2.75, 3.05) is 16.5 Å². The lowest BCUT2D eigenvalue weighted by Gasteiger charge is -2.31. The molecule has 346 valence electrons. The van der Waals surface area contributed by atoms with E-state index in [0.717, 1.165) is 39.4 Å². The van der Waals surface area contributed by atoms with Crippen molar-refractivity contribution in [1.29, 1.82) is 0 Å². The maximum atomic E-state index is 6.90. The highest BCUT2D eigenvalue weighted by Gasteiger charge is 2.33. The van der Waals surface area contributed by atoms with Gasteiger partial charge in [-0.15, -0.1) is 0 Å². The SMILES string of the molecule is CC(C)(C)C1=CN(c2cc(-c3ccccc3)cc(C(C)(C)C)c2)CN1c1cccc(Oc2ccc3c4cc(C(C)(C)c5ccccc5)ccc4n(-c4cc(C(C)(C)c5ccccc5)ccn4)c3c2)c1. The summed E-state index contributed by atoms with van der Waals surface area (Å²) in [6.45, 7) is 23.6. The summed E-state index contributed by atoms with van der Waals surface area (Å²) in [6.07, 6.45) is 4.29. The molecule has 1 aliphatic heterocycles. The van der Waals surface area contributed by atoms with Crippen LogP contribution in [0, 0.1) is 5.41 Å². The van der Waals surface area contributed by atoms with Gasteiger partial charge < -0.3 is 14.5 Å². The minimum Gasteiger partial charge on any atom is -0.457 e. The molecule has 3 heterocycles. The van der Waals surface area contributed by atoms with Crippen LogP contribution < -0.4 is 14.5 Å². The maximum Gasteiger partial charge on any atom is 0.137 e. The van der Waals surface area contributed by atoms with E-state index in [9.17, 15) is 0 Å². The zero-order chi connectivity index (χ0) is 48.3. The lowest BCUT2D eigenvalue weighted by Crippen LogP contribution is -2.30. The van der Waals surface area contributed by atoms with Gasteiger partial charge in [0, 0.05) is 68.6 Å². The normalized spacial score (nSPS) is 13.6. The molecule has 2 aromatic heterocycles. The fourth-order valence-corrected chi connectivity index (χ4v) is 9.99. The molecule has 0 N–H and O–H groups in total. The van der Waals surface area contributed by atoms with Crippen LogP contribution in [0.3, 0.4) is 0 Å². The Morgan fingerprint density at radius 3 is 1.72 bits per heavy atom. The molecule has 5 heteroatoms. The van der Waals surface area contributed by atoms with Crippen LogP contribution >= 0.6 is 0 Å². The van der Waals surface area contributed by atoms with Gasteiger partial charge in [-0.3, -0.25) is 4.57 Å². The lowest BCUT2D eigenvalue weighted by molar-refractivity contribution is 0.481. The van der Waals surface area contributed by atoms with Crippen LogP contribution in [0.15, 0.2) is 200 Å². The van der Waals surface area contributed by atoms with Crippen molar-refractivity contribution in [2.45, 2.75) is 85.5 Å². The molecule has 0 fully saturated rings. The maximum absolute atomic E-state index is 6.90. The third kappa shape index (κ3) is 8.72. The Bertz CT molecular complexity index is 3350. The van der Waals surface area contributed by atoms with Gasteiger partial charge in [0.05, 0.1) is 17.7 Å². The number of rotatable bonds is 10. The van der Waals surface area contributed by atoms with Gasteiger partial charge in [-0.05, 0) is 105 Å². The van der Waals surface area contributed by atoms with E-state index in [-0.39, 0.29) is 21.7 Å². The predicted molar refractivity (Wildman–Crippen MR) is 290 cm³/mol. The number of fused-ring (bicyclic) bond motifs is 3. The first-order valence-corrected chi connectivity index (χ1v) is 24.4. The van der Waals surface area contributed by atoms with Gasteiger partial charge in [-0.1, -0.05) is 178 Å². The predicted octanol–water partition coefficient (Wildman–Crippen LogP) is 16.8. The van der Waals surface area contributed by atoms with E-state index in [1.165, 1.54) is 55.7 Å². The minimum absolute atomic E-state index is 0.0133. The molecule has 1 aliphatic rings. The molecule has 0 bridgehead atoms. The van der Waals surface area contributed by atoms with Gasteiger partial charge in [0.15, 0.2) is 0 Å². The highest BCUT2D eigenvalue weighted by atomic mass is 16.5. The van der Waals surface area contributed by atoms with Gasteiger partial charge in [0.25, 0.3) is 0 Å². The number of pyridine rings is 1. The largest absolute Gasteiger partial charge is 0.457 e. The number of aromatic nitrogens is 2. The Labute approximate surface area is 409 Å². The minimum atomic E-state index is -0.236. The van der Waals surface area contributed by atoms with Crippen LogP contribution in [0.5, 0.6) is 11.5 Å². The molecule has 10 rings (SSSR count). The van der Waals surface area contributed by atoms with Crippen molar-refractivity contribution in [3.05, 3.63) is 228 Å². The first-order valence-electron chi connectivity index (χ1n) is 24.4. The molecule has 0 spiro atoms. The number of anilines is 2. The van der Waals surface area contributed by atoms with Crippen molar-refractivity contribution in [1.82, 2.24) is 9.55 Å². The van der Waals surface area contributed by atoms with E-state index < -0.39 is 0 Å². The summed E-state index contributed by atoms with van der Waals surface area (Å²) in [6, 6.07) is 65.7. The standard InChI is InChI=1S/C64H64N4O/c1-61(2,3)50-35-45(44-21-14-11-15-22-44)36-52(37-50)66-42-59(62(4,5)6)67(43-66)51-27-20-28-53(40-51)69-54-30-31-55-56-38-48(63(7,8)46-23-16-12-17-24-46)29-32-57(56)68(58(55)41-54)60-39-49(33-34-65-60)64(9,10)47-25-18-13-19-26-47/h11-42H,43H2,1-10H3. The van der Waals surface area contributed by atoms with Crippen LogP contribution in [0.4, 0.5) is 11.4 Å². The summed E-state index contributed by atoms with van der Waals surface area (Å²) in [5.41, 5.74) is 13.8. The Morgan fingerprint density at radius 1 is 0.435 bits per heavy atom. The third-order valence-corrected chi connectivity index (χ3v) is 14.4. The van der Waals surface area contributed by atoms with E-state index >= 15 is 0 Å². The summed E-state index contributed by atoms with van der Waals surface area (Å²) in [5.74, 6) is 2.41. The van der Waals surface area contributed by atoms with Crippen LogP contribution in [0.1, 0.15) is 97.1 Å². The Kier molecular flexibility index (Phi) is 11.4. The van der Waals surface area contributed by atoms with E-state index in [0.29, 0.717) is 6.67 Å². The molecule has 0 amide bonds. The van der Waals surface area contributed by atoms with E-state index in [2.05, 4.69) is 272 Å². The molecule has 7 aromatic carbocycles. The number of allylic oxidation sites excluding steroid dienone is 1. The number of hydrogen-bond donors (Lipinski definition) is 0. The number of benzene rings is 7. The monoisotopic (exact) mass is 905 g/mol. The number of hydrogen-bond acceptors (Lipinski definition) is 4. The summed E-state index contributed by atoms with van der Waals surface area (Å²) in [7, 11) is 0. The van der Waals surface area contributed by atoms with E-state index in [1.807, 2.05) is 6.20 Å². The molecular weight excluding hydrogens is 841 g/mol. The molecule has 0 radical (unpaired) electrons. The molecule has 69 heavy (non-hydrogen) atoms. The van der Waals surface area contributed by atoms with Crippen molar-refractivity contribution in [2.24, 2.45) is 5.41 Å². The summed E-state index contributed by atoms with van der Waals surface area (Å²) >= 11 is 0. The highest BCUT2D eigenvalue weighted by Crippen LogP contribution is 2.43. The Balaban J connectivity index is 1.03. The molecule has 5 nitrogen and oxygen atoms in total. The van der Waals surface area contributed by atoms with E-state index in [4.69, 9.17) is 9.72 Å². The van der Waals surface area contributed by atoms with Gasteiger partial charge in [-0.2, -0.15) is 0 Å². The molecule has 9 aromatic rings. The van der Waals surface area contributed by atoms with Crippen LogP contribution in [0.2, 0.25) is 0 Å². The van der Waals surface area contributed by atoms with E-state index in [1.54, 1.807) is 0 Å². The molecule has 0 saturated heterocycles. The van der Waals surface area contributed by atoms with Crippen molar-refractivity contribution in [3.8, 4) is 28.4 Å². The quantitative estimate of drug-likeness (QED) is 0.137.